The van der Waals surface area contributed by atoms with Gasteiger partial charge in [0.05, 0.1) is 11.1 Å². The highest BCUT2D eigenvalue weighted by Gasteiger charge is 2.11. The third kappa shape index (κ3) is 3.75. The van der Waals surface area contributed by atoms with Gasteiger partial charge in [-0.05, 0) is 12.0 Å². The number of rotatable bonds is 5. The molecule has 0 aliphatic rings. The number of hydrazone groups is 1. The summed E-state index contributed by atoms with van der Waals surface area (Å²) < 4.78 is 0. The lowest BCUT2D eigenvalue weighted by Gasteiger charge is -1.97. The number of nitrogens with zero attached hydrogens (tertiary/aromatic N) is 3. The Bertz CT molecular complexity index is 721. The van der Waals surface area contributed by atoms with Gasteiger partial charge in [0, 0.05) is 23.4 Å². The second kappa shape index (κ2) is 6.61. The lowest BCUT2D eigenvalue weighted by molar-refractivity contribution is -0.384. The van der Waals surface area contributed by atoms with Gasteiger partial charge in [0.15, 0.2) is 5.69 Å². The Morgan fingerprint density at radius 2 is 2.23 bits per heavy atom. The monoisotopic (exact) mass is 301 g/mol. The minimum atomic E-state index is -0.493. The summed E-state index contributed by atoms with van der Waals surface area (Å²) in [5.74, 6) is -0.216. The van der Waals surface area contributed by atoms with Crippen molar-refractivity contribution in [2.45, 2.75) is 19.8 Å². The average molecular weight is 301 g/mol. The molecule has 0 saturated carbocycles. The number of nitro benzene ring substituents is 1. The van der Waals surface area contributed by atoms with E-state index in [1.807, 2.05) is 13.8 Å². The predicted octanol–water partition coefficient (Wildman–Crippen LogP) is 2.21. The first-order valence-electron chi connectivity index (χ1n) is 6.60. The highest BCUT2D eigenvalue weighted by atomic mass is 16.6. The van der Waals surface area contributed by atoms with Crippen LogP contribution in [0.1, 0.15) is 41.5 Å². The Hall–Kier alpha value is -3.03. The van der Waals surface area contributed by atoms with E-state index in [0.29, 0.717) is 5.56 Å². The normalized spacial score (nSPS) is 11.0. The fourth-order valence-electron chi connectivity index (χ4n) is 1.69. The zero-order valence-electron chi connectivity index (χ0n) is 12.1. The molecule has 2 aromatic rings. The number of H-pyrrole nitrogens is 1. The molecule has 0 saturated heterocycles. The molecule has 0 fully saturated rings. The maximum absolute atomic E-state index is 11.8. The molecule has 2 N–H and O–H groups in total. The molecule has 2 rings (SSSR count). The van der Waals surface area contributed by atoms with Crippen LogP contribution in [-0.2, 0) is 0 Å². The largest absolute Gasteiger partial charge is 0.291 e. The highest BCUT2D eigenvalue weighted by Crippen LogP contribution is 2.12. The molecular formula is C14H15N5O3. The first kappa shape index (κ1) is 15.4. The van der Waals surface area contributed by atoms with E-state index in [-0.39, 0.29) is 17.3 Å². The van der Waals surface area contributed by atoms with Gasteiger partial charge in [-0.2, -0.15) is 10.2 Å². The number of carbonyl (C=O) groups is 1. The molecule has 0 aliphatic heterocycles. The maximum Gasteiger partial charge on any atom is 0.291 e. The van der Waals surface area contributed by atoms with Crippen molar-refractivity contribution in [2.24, 2.45) is 5.10 Å². The van der Waals surface area contributed by atoms with Gasteiger partial charge in [-0.1, -0.05) is 26.0 Å². The smallest absolute Gasteiger partial charge is 0.282 e. The highest BCUT2D eigenvalue weighted by molar-refractivity contribution is 5.93. The van der Waals surface area contributed by atoms with Gasteiger partial charge in [0.2, 0.25) is 0 Å². The first-order chi connectivity index (χ1) is 10.5. The predicted molar refractivity (Wildman–Crippen MR) is 80.8 cm³/mol. The second-order valence-corrected chi connectivity index (χ2v) is 4.91. The van der Waals surface area contributed by atoms with Crippen LogP contribution in [0.25, 0.3) is 0 Å². The minimum Gasteiger partial charge on any atom is -0.282 e. The Kier molecular flexibility index (Phi) is 4.62. The molecule has 0 aliphatic carbocycles. The van der Waals surface area contributed by atoms with Crippen molar-refractivity contribution < 1.29 is 9.72 Å². The maximum atomic E-state index is 11.8. The summed E-state index contributed by atoms with van der Waals surface area (Å²) in [6.45, 7) is 3.96. The summed E-state index contributed by atoms with van der Waals surface area (Å²) in [7, 11) is 0. The number of carbonyl (C=O) groups excluding carboxylic acids is 1. The molecule has 8 nitrogen and oxygen atoms in total. The standard InChI is InChI=1S/C14H15N5O3/c1-9(2)12-7-13(17-16-12)14(20)18-15-8-10-4-3-5-11(6-10)19(21)22/h3-9H,1-2H3,(H,16,17)(H,18,20)/b15-8+. The molecule has 8 heteroatoms. The number of benzene rings is 1. The van der Waals surface area contributed by atoms with E-state index in [4.69, 9.17) is 0 Å². The second-order valence-electron chi connectivity index (χ2n) is 4.91. The fraction of sp³-hybridized carbons (Fsp3) is 0.214. The zero-order valence-corrected chi connectivity index (χ0v) is 12.1. The van der Waals surface area contributed by atoms with Gasteiger partial charge in [0.25, 0.3) is 11.6 Å². The number of hydrogen-bond donors (Lipinski definition) is 2. The van der Waals surface area contributed by atoms with Crippen molar-refractivity contribution in [3.05, 3.63) is 57.4 Å². The van der Waals surface area contributed by atoms with E-state index in [0.717, 1.165) is 5.69 Å². The fourth-order valence-corrected chi connectivity index (χ4v) is 1.69. The Balaban J connectivity index is 2.00. The lowest BCUT2D eigenvalue weighted by Crippen LogP contribution is -2.18. The van der Waals surface area contributed by atoms with Crippen LogP contribution < -0.4 is 5.43 Å². The van der Waals surface area contributed by atoms with Crippen molar-refractivity contribution in [1.82, 2.24) is 15.6 Å². The van der Waals surface area contributed by atoms with Crippen LogP contribution in [0, 0.1) is 10.1 Å². The molecule has 0 radical (unpaired) electrons. The molecule has 22 heavy (non-hydrogen) atoms. The molecule has 0 bridgehead atoms. The van der Waals surface area contributed by atoms with Crippen molar-refractivity contribution in [1.29, 1.82) is 0 Å². The molecule has 1 heterocycles. The molecule has 1 aromatic heterocycles. The van der Waals surface area contributed by atoms with Gasteiger partial charge in [-0.3, -0.25) is 20.0 Å². The number of non-ortho nitro benzene ring substituents is 1. The summed E-state index contributed by atoms with van der Waals surface area (Å²) in [6, 6.07) is 7.59. The molecular weight excluding hydrogens is 286 g/mol. The van der Waals surface area contributed by atoms with Crippen LogP contribution in [0.3, 0.4) is 0 Å². The molecule has 0 spiro atoms. The van der Waals surface area contributed by atoms with Gasteiger partial charge in [0.1, 0.15) is 0 Å². The number of amides is 1. The number of aromatic nitrogens is 2. The van der Waals surface area contributed by atoms with Crippen LogP contribution >= 0.6 is 0 Å². The van der Waals surface area contributed by atoms with E-state index in [2.05, 4.69) is 20.7 Å². The van der Waals surface area contributed by atoms with E-state index in [9.17, 15) is 14.9 Å². The van der Waals surface area contributed by atoms with Gasteiger partial charge in [-0.25, -0.2) is 5.43 Å². The van der Waals surface area contributed by atoms with Crippen LogP contribution in [0.5, 0.6) is 0 Å². The topological polar surface area (TPSA) is 113 Å². The molecule has 0 unspecified atom stereocenters. The van der Waals surface area contributed by atoms with Crippen LogP contribution in [0.2, 0.25) is 0 Å². The van der Waals surface area contributed by atoms with Crippen LogP contribution in [0.4, 0.5) is 5.69 Å². The van der Waals surface area contributed by atoms with Crippen molar-refractivity contribution in [2.75, 3.05) is 0 Å². The SMILES string of the molecule is CC(C)c1cc(C(=O)N/N=C/c2cccc([N+](=O)[O-])c2)n[nH]1. The van der Waals surface area contributed by atoms with E-state index >= 15 is 0 Å². The number of nitrogens with one attached hydrogen (secondary N) is 2. The average Bonchev–Trinajstić information content (AvgIpc) is 2.97. The number of hydrogen-bond acceptors (Lipinski definition) is 5. The molecule has 1 amide bonds. The van der Waals surface area contributed by atoms with Gasteiger partial charge in [-0.15, -0.1) is 0 Å². The van der Waals surface area contributed by atoms with Crippen molar-refractivity contribution in [3.63, 3.8) is 0 Å². The Labute approximate surface area is 126 Å². The lowest BCUT2D eigenvalue weighted by atomic mass is 10.1. The molecule has 114 valence electrons. The third-order valence-corrected chi connectivity index (χ3v) is 2.91. The molecule has 1 aromatic carbocycles. The minimum absolute atomic E-state index is 0.0378. The number of aromatic amines is 1. The Morgan fingerprint density at radius 1 is 1.45 bits per heavy atom. The van der Waals surface area contributed by atoms with E-state index in [1.165, 1.54) is 18.3 Å². The summed E-state index contributed by atoms with van der Waals surface area (Å²) in [6.07, 6.45) is 1.33. The van der Waals surface area contributed by atoms with Gasteiger partial charge >= 0.3 is 0 Å². The number of nitro groups is 1. The van der Waals surface area contributed by atoms with E-state index in [1.54, 1.807) is 18.2 Å². The van der Waals surface area contributed by atoms with Gasteiger partial charge < -0.3 is 0 Å². The molecule has 0 atom stereocenters. The van der Waals surface area contributed by atoms with Crippen molar-refractivity contribution in [3.8, 4) is 0 Å². The van der Waals surface area contributed by atoms with E-state index < -0.39 is 10.8 Å². The summed E-state index contributed by atoms with van der Waals surface area (Å²) in [4.78, 5) is 22.0. The summed E-state index contributed by atoms with van der Waals surface area (Å²) >= 11 is 0. The first-order valence-corrected chi connectivity index (χ1v) is 6.60. The van der Waals surface area contributed by atoms with Crippen LogP contribution in [0.15, 0.2) is 35.4 Å². The van der Waals surface area contributed by atoms with Crippen molar-refractivity contribution >= 4 is 17.8 Å². The third-order valence-electron chi connectivity index (χ3n) is 2.91. The summed E-state index contributed by atoms with van der Waals surface area (Å²) in [5.41, 5.74) is 3.89. The quantitative estimate of drug-likeness (QED) is 0.500. The van der Waals surface area contributed by atoms with Crippen LogP contribution in [-0.4, -0.2) is 27.2 Å². The summed E-state index contributed by atoms with van der Waals surface area (Å²) in [5, 5.41) is 21.1. The zero-order chi connectivity index (χ0) is 16.1. The Morgan fingerprint density at radius 3 is 2.86 bits per heavy atom.